The quantitative estimate of drug-likeness (QED) is 0.925. The Hall–Kier alpha value is -1.33. The standard InChI is InChI=1S/C13H13BrClN3O/c1-3-9-7-12(18(2)17-9)13(19)16-11-5-4-8(15)6-10(11)14/h4-7H,3H2,1-2H3,(H,16,19). The summed E-state index contributed by atoms with van der Waals surface area (Å²) in [4.78, 5) is 12.2. The summed E-state index contributed by atoms with van der Waals surface area (Å²) in [6, 6.07) is 7.00. The average Bonchev–Trinajstić information content (AvgIpc) is 2.74. The summed E-state index contributed by atoms with van der Waals surface area (Å²) in [5.74, 6) is -0.197. The zero-order valence-corrected chi connectivity index (χ0v) is 12.9. The lowest BCUT2D eigenvalue weighted by molar-refractivity contribution is 0.101. The van der Waals surface area contributed by atoms with Gasteiger partial charge in [-0.1, -0.05) is 18.5 Å². The van der Waals surface area contributed by atoms with Gasteiger partial charge >= 0.3 is 0 Å². The predicted molar refractivity (Wildman–Crippen MR) is 79.7 cm³/mol. The highest BCUT2D eigenvalue weighted by molar-refractivity contribution is 9.10. The minimum absolute atomic E-state index is 0.197. The van der Waals surface area contributed by atoms with Crippen LogP contribution in [0.5, 0.6) is 0 Å². The second-order valence-corrected chi connectivity index (χ2v) is 5.37. The van der Waals surface area contributed by atoms with Crippen LogP contribution in [0.3, 0.4) is 0 Å². The molecule has 1 amide bonds. The lowest BCUT2D eigenvalue weighted by atomic mass is 10.2. The second kappa shape index (κ2) is 5.75. The summed E-state index contributed by atoms with van der Waals surface area (Å²) in [6.07, 6.45) is 0.797. The molecule has 1 heterocycles. The first-order valence-corrected chi connectivity index (χ1v) is 6.97. The van der Waals surface area contributed by atoms with Gasteiger partial charge in [-0.3, -0.25) is 9.48 Å². The number of carbonyl (C=O) groups is 1. The molecule has 19 heavy (non-hydrogen) atoms. The molecule has 2 aromatic rings. The van der Waals surface area contributed by atoms with Gasteiger partial charge in [0.05, 0.1) is 11.4 Å². The van der Waals surface area contributed by atoms with Gasteiger partial charge in [-0.05, 0) is 46.6 Å². The van der Waals surface area contributed by atoms with Crippen molar-refractivity contribution in [2.45, 2.75) is 13.3 Å². The fourth-order valence-electron chi connectivity index (χ4n) is 1.69. The number of halogens is 2. The van der Waals surface area contributed by atoms with E-state index in [9.17, 15) is 4.79 Å². The molecule has 1 N–H and O–H groups in total. The zero-order chi connectivity index (χ0) is 14.0. The summed E-state index contributed by atoms with van der Waals surface area (Å²) in [5.41, 5.74) is 2.09. The molecule has 2 rings (SSSR count). The third-order valence-electron chi connectivity index (χ3n) is 2.70. The van der Waals surface area contributed by atoms with Crippen molar-refractivity contribution in [2.75, 3.05) is 5.32 Å². The molecule has 1 aromatic carbocycles. The Kier molecular flexibility index (Phi) is 4.27. The average molecular weight is 343 g/mol. The number of hydrogen-bond donors (Lipinski definition) is 1. The van der Waals surface area contributed by atoms with E-state index in [0.717, 1.165) is 16.6 Å². The van der Waals surface area contributed by atoms with Gasteiger partial charge < -0.3 is 5.32 Å². The minimum Gasteiger partial charge on any atom is -0.320 e. The molecule has 100 valence electrons. The van der Waals surface area contributed by atoms with Gasteiger partial charge in [0.1, 0.15) is 5.69 Å². The molecule has 0 saturated carbocycles. The van der Waals surface area contributed by atoms with Crippen molar-refractivity contribution in [3.8, 4) is 0 Å². The lowest BCUT2D eigenvalue weighted by Gasteiger charge is -2.07. The fraction of sp³-hybridized carbons (Fsp3) is 0.231. The molecule has 0 aliphatic heterocycles. The topological polar surface area (TPSA) is 46.9 Å². The number of nitrogens with zero attached hydrogens (tertiary/aromatic N) is 2. The molecule has 0 unspecified atom stereocenters. The first-order chi connectivity index (χ1) is 9.01. The van der Waals surface area contributed by atoms with Gasteiger partial charge in [0, 0.05) is 16.5 Å². The van der Waals surface area contributed by atoms with E-state index in [2.05, 4.69) is 26.3 Å². The van der Waals surface area contributed by atoms with Gasteiger partial charge in [0.2, 0.25) is 0 Å². The lowest BCUT2D eigenvalue weighted by Crippen LogP contribution is -2.16. The Morgan fingerprint density at radius 1 is 1.47 bits per heavy atom. The Balaban J connectivity index is 2.23. The first-order valence-electron chi connectivity index (χ1n) is 5.80. The summed E-state index contributed by atoms with van der Waals surface area (Å²) < 4.78 is 2.32. The van der Waals surface area contributed by atoms with Crippen LogP contribution in [0.2, 0.25) is 5.02 Å². The smallest absolute Gasteiger partial charge is 0.273 e. The molecule has 1 aromatic heterocycles. The number of benzene rings is 1. The van der Waals surface area contributed by atoms with Crippen molar-refractivity contribution < 1.29 is 4.79 Å². The molecular formula is C13H13BrClN3O. The minimum atomic E-state index is -0.197. The third-order valence-corrected chi connectivity index (χ3v) is 3.60. The number of amides is 1. The van der Waals surface area contributed by atoms with Crippen LogP contribution in [-0.4, -0.2) is 15.7 Å². The summed E-state index contributed by atoms with van der Waals surface area (Å²) in [5, 5.41) is 7.69. The van der Waals surface area contributed by atoms with E-state index in [1.54, 1.807) is 36.0 Å². The normalized spacial score (nSPS) is 10.5. The van der Waals surface area contributed by atoms with Crippen LogP contribution in [0.15, 0.2) is 28.7 Å². The SMILES string of the molecule is CCc1cc(C(=O)Nc2ccc(Cl)cc2Br)n(C)n1. The summed E-state index contributed by atoms with van der Waals surface area (Å²) in [6.45, 7) is 2.00. The van der Waals surface area contributed by atoms with E-state index in [0.29, 0.717) is 16.4 Å². The number of carbonyl (C=O) groups excluding carboxylic acids is 1. The largest absolute Gasteiger partial charge is 0.320 e. The van der Waals surface area contributed by atoms with Crippen LogP contribution in [0.1, 0.15) is 23.1 Å². The molecule has 6 heteroatoms. The van der Waals surface area contributed by atoms with E-state index in [1.807, 2.05) is 6.92 Å². The molecule has 0 radical (unpaired) electrons. The van der Waals surface area contributed by atoms with Crippen molar-refractivity contribution in [3.05, 3.63) is 45.1 Å². The maximum atomic E-state index is 12.2. The van der Waals surface area contributed by atoms with E-state index >= 15 is 0 Å². The predicted octanol–water partition coefficient (Wildman–Crippen LogP) is 3.65. The van der Waals surface area contributed by atoms with Crippen LogP contribution < -0.4 is 5.32 Å². The highest BCUT2D eigenvalue weighted by Gasteiger charge is 2.14. The van der Waals surface area contributed by atoms with Crippen molar-refractivity contribution in [3.63, 3.8) is 0 Å². The molecule has 0 aliphatic rings. The molecule has 0 spiro atoms. The van der Waals surface area contributed by atoms with Crippen LogP contribution in [0, 0.1) is 0 Å². The number of hydrogen-bond acceptors (Lipinski definition) is 2. The Morgan fingerprint density at radius 3 is 2.79 bits per heavy atom. The van der Waals surface area contributed by atoms with Crippen molar-refractivity contribution >= 4 is 39.1 Å². The van der Waals surface area contributed by atoms with Gasteiger partial charge in [0.15, 0.2) is 0 Å². The van der Waals surface area contributed by atoms with Crippen LogP contribution in [0.4, 0.5) is 5.69 Å². The highest BCUT2D eigenvalue weighted by atomic mass is 79.9. The van der Waals surface area contributed by atoms with E-state index < -0.39 is 0 Å². The molecule has 0 fully saturated rings. The molecule has 0 atom stereocenters. The molecular weight excluding hydrogens is 330 g/mol. The van der Waals surface area contributed by atoms with Crippen molar-refractivity contribution in [1.29, 1.82) is 0 Å². The Bertz CT molecular complexity index is 624. The molecule has 0 bridgehead atoms. The van der Waals surface area contributed by atoms with E-state index in [-0.39, 0.29) is 5.91 Å². The highest BCUT2D eigenvalue weighted by Crippen LogP contribution is 2.26. The van der Waals surface area contributed by atoms with E-state index in [4.69, 9.17) is 11.6 Å². The first kappa shape index (κ1) is 14.1. The zero-order valence-electron chi connectivity index (χ0n) is 10.6. The number of aromatic nitrogens is 2. The summed E-state index contributed by atoms with van der Waals surface area (Å²) in [7, 11) is 1.75. The van der Waals surface area contributed by atoms with Gasteiger partial charge in [0.25, 0.3) is 5.91 Å². The van der Waals surface area contributed by atoms with Crippen LogP contribution in [0.25, 0.3) is 0 Å². The Labute approximate surface area is 124 Å². The van der Waals surface area contributed by atoms with Crippen molar-refractivity contribution in [1.82, 2.24) is 9.78 Å². The van der Waals surface area contributed by atoms with E-state index in [1.165, 1.54) is 0 Å². The molecule has 0 saturated heterocycles. The number of rotatable bonds is 3. The van der Waals surface area contributed by atoms with Gasteiger partial charge in [-0.25, -0.2) is 0 Å². The third kappa shape index (κ3) is 3.16. The second-order valence-electron chi connectivity index (χ2n) is 4.08. The number of aryl methyl sites for hydroxylation is 2. The molecule has 0 aliphatic carbocycles. The van der Waals surface area contributed by atoms with Crippen LogP contribution >= 0.6 is 27.5 Å². The summed E-state index contributed by atoms with van der Waals surface area (Å²) >= 11 is 9.22. The number of anilines is 1. The number of nitrogens with one attached hydrogen (secondary N) is 1. The maximum Gasteiger partial charge on any atom is 0.273 e. The molecule has 4 nitrogen and oxygen atoms in total. The van der Waals surface area contributed by atoms with Crippen LogP contribution in [-0.2, 0) is 13.5 Å². The van der Waals surface area contributed by atoms with Gasteiger partial charge in [-0.2, -0.15) is 5.10 Å². The van der Waals surface area contributed by atoms with Gasteiger partial charge in [-0.15, -0.1) is 0 Å². The fourth-order valence-corrected chi connectivity index (χ4v) is 2.47. The maximum absolute atomic E-state index is 12.2. The Morgan fingerprint density at radius 2 is 2.21 bits per heavy atom. The monoisotopic (exact) mass is 341 g/mol. The van der Waals surface area contributed by atoms with Crippen molar-refractivity contribution in [2.24, 2.45) is 7.05 Å².